The summed E-state index contributed by atoms with van der Waals surface area (Å²) in [7, 11) is 3.15. The Morgan fingerprint density at radius 3 is 1.40 bits per heavy atom. The Balaban J connectivity index is 0.000000360. The van der Waals surface area contributed by atoms with E-state index in [0.29, 0.717) is 72.9 Å². The van der Waals surface area contributed by atoms with Gasteiger partial charge in [0.05, 0.1) is 22.1 Å². The van der Waals surface area contributed by atoms with E-state index in [1.807, 2.05) is 4.90 Å². The van der Waals surface area contributed by atoms with Gasteiger partial charge in [0.1, 0.15) is 47.9 Å². The quantitative estimate of drug-likeness (QED) is 0.0539. The van der Waals surface area contributed by atoms with E-state index in [-0.39, 0.29) is 149 Å². The smallest absolute Gasteiger partial charge is 0.414 e. The molecule has 0 spiro atoms. The first-order chi connectivity index (χ1) is 40.4. The summed E-state index contributed by atoms with van der Waals surface area (Å²) in [6, 6.07) is 22.0. The number of nitrogens with zero attached hydrogens (tertiary/aromatic N) is 6. The van der Waals surface area contributed by atoms with E-state index in [2.05, 4.69) is 26.3 Å². The van der Waals surface area contributed by atoms with Crippen molar-refractivity contribution >= 4 is 110 Å². The fourth-order valence-electron chi connectivity index (χ4n) is 9.31. The maximum absolute atomic E-state index is 13.8. The highest BCUT2D eigenvalue weighted by Gasteiger charge is 2.28. The molecule has 0 bridgehead atoms. The van der Waals surface area contributed by atoms with Crippen molar-refractivity contribution in [3.05, 3.63) is 142 Å². The molecule has 6 aromatic rings. The van der Waals surface area contributed by atoms with Crippen LogP contribution in [0.5, 0.6) is 0 Å². The minimum Gasteiger partial charge on any atom is -0.447 e. The minimum absolute atomic E-state index is 0. The highest BCUT2D eigenvalue weighted by Crippen LogP contribution is 2.27. The molecule has 2 aliphatic rings. The summed E-state index contributed by atoms with van der Waals surface area (Å²) in [4.78, 5) is 83.3. The zero-order chi connectivity index (χ0) is 60.1. The van der Waals surface area contributed by atoms with Gasteiger partial charge in [0.25, 0.3) is 0 Å². The third kappa shape index (κ3) is 22.3. The topological polar surface area (TPSA) is 222 Å². The number of piperidine rings is 1. The Morgan fingerprint density at radius 1 is 0.586 bits per heavy atom. The van der Waals surface area contributed by atoms with Gasteiger partial charge in [-0.1, -0.05) is 82.0 Å². The molecule has 0 saturated carbocycles. The molecule has 8 rings (SSSR count). The molecule has 4 aromatic carbocycles. The number of piperazine rings is 1. The number of ether oxygens (including phenoxy) is 2. The molecule has 2 aromatic heterocycles. The summed E-state index contributed by atoms with van der Waals surface area (Å²) >= 11 is 12.1. The lowest BCUT2D eigenvalue weighted by atomic mass is 10.1. The molecule has 0 radical (unpaired) electrons. The van der Waals surface area contributed by atoms with Crippen LogP contribution in [0.15, 0.2) is 106 Å². The number of likely N-dealkylation sites (tertiary alicyclic amines) is 1. The third-order valence-electron chi connectivity index (χ3n) is 14.2. The average Bonchev–Trinajstić information content (AvgIpc) is 4.21. The van der Waals surface area contributed by atoms with Crippen LogP contribution in [0.3, 0.4) is 0 Å². The Morgan fingerprint density at radius 2 is 0.989 bits per heavy atom. The molecule has 3 N–H and O–H groups in total. The van der Waals surface area contributed by atoms with Gasteiger partial charge in [-0.2, -0.15) is 27.0 Å². The molecular formula is C59H70Cl3F4N9O10S2. The molecule has 19 nitrogen and oxygen atoms in total. The second-order valence-electron chi connectivity index (χ2n) is 20.0. The second-order valence-corrected chi connectivity index (χ2v) is 20.8. The number of hydrogen-bond donors (Lipinski definition) is 3. The van der Waals surface area contributed by atoms with Crippen LogP contribution in [0.1, 0.15) is 68.9 Å². The standard InChI is InChI=1S/C30H33ClF2N4O5.C29H32ClF2N5O5.ClH.2H2S/c1-36(27(38)13-11-20-7-6-10-24(33)29(20)31)23(12-14-28(39)37-15-3-2-4-16-37)19-41-30(40)34-26-18-25(35-42-26)21-8-5-9-22(32)17-21;1-36(26(38)10-8-19-4-3-7-23(32)28(19)30)22(9-11-27(39)37-14-12-33-13-15-37)18-41-29(40)34-25-17-24(35-42-25)20-5-2-6-21(31)16-20;;;/h5-10,17-18,23H,2-4,11-16,19H2,1H3,(H,34,40);2-7,16-17,22,33H,8-15,18H2,1H3,(H,34,40);1H;2*1H2/t23-;22-;;;/m00.../s1. The maximum atomic E-state index is 13.8. The number of carbonyl (C=O) groups excluding carboxylic acids is 6. The van der Waals surface area contributed by atoms with Crippen LogP contribution in [-0.2, 0) is 41.5 Å². The first-order valence-electron chi connectivity index (χ1n) is 27.4. The van der Waals surface area contributed by atoms with Gasteiger partial charge < -0.3 is 43.4 Å². The normalized spacial score (nSPS) is 13.4. The third-order valence-corrected chi connectivity index (χ3v) is 15.1. The van der Waals surface area contributed by atoms with Gasteiger partial charge in [-0.15, -0.1) is 12.4 Å². The van der Waals surface area contributed by atoms with Crippen molar-refractivity contribution in [3.63, 3.8) is 0 Å². The van der Waals surface area contributed by atoms with Crippen LogP contribution in [0, 0.1) is 23.3 Å². The molecule has 0 unspecified atom stereocenters. The number of halogens is 7. The van der Waals surface area contributed by atoms with Crippen molar-refractivity contribution < 1.29 is 64.8 Å². The number of likely N-dealkylation sites (N-methyl/N-ethyl adjacent to an activating group) is 2. The van der Waals surface area contributed by atoms with E-state index in [4.69, 9.17) is 41.7 Å². The van der Waals surface area contributed by atoms with Crippen LogP contribution in [0.2, 0.25) is 10.0 Å². The molecule has 2 aliphatic heterocycles. The van der Waals surface area contributed by atoms with Crippen LogP contribution in [0.4, 0.5) is 38.9 Å². The van der Waals surface area contributed by atoms with Crippen molar-refractivity contribution in [1.82, 2.24) is 35.2 Å². The molecule has 2 saturated heterocycles. The molecule has 2 atom stereocenters. The van der Waals surface area contributed by atoms with Crippen molar-refractivity contribution in [2.75, 3.05) is 77.2 Å². The molecule has 28 heteroatoms. The maximum Gasteiger partial charge on any atom is 0.414 e. The van der Waals surface area contributed by atoms with E-state index in [1.54, 1.807) is 43.3 Å². The van der Waals surface area contributed by atoms with Crippen molar-refractivity contribution in [2.45, 2.75) is 82.7 Å². The van der Waals surface area contributed by atoms with Gasteiger partial charge in [0.15, 0.2) is 0 Å². The SMILES string of the molecule is CN(C(=O)CCc1cccc(F)c1Cl)[C@@H](CCC(=O)N1CCCCC1)COC(=O)Nc1cc(-c2cccc(F)c2)no1.CN(C(=O)CCc1cccc(F)c1Cl)[C@@H](CCC(=O)N1CCNCC1)COC(=O)Nc1cc(-c2cccc(F)c2)no1.Cl.S.S. The largest absolute Gasteiger partial charge is 0.447 e. The predicted molar refractivity (Wildman–Crippen MR) is 333 cm³/mol. The van der Waals surface area contributed by atoms with E-state index < -0.39 is 47.5 Å². The predicted octanol–water partition coefficient (Wildman–Crippen LogP) is 11.2. The molecule has 0 aliphatic carbocycles. The lowest BCUT2D eigenvalue weighted by molar-refractivity contribution is -0.136. The number of amides is 6. The van der Waals surface area contributed by atoms with E-state index in [1.165, 1.54) is 82.6 Å². The van der Waals surface area contributed by atoms with Gasteiger partial charge in [-0.05, 0) is 92.5 Å². The monoisotopic (exact) mass is 1310 g/mol. The number of hydrogen-bond acceptors (Lipinski definition) is 13. The summed E-state index contributed by atoms with van der Waals surface area (Å²) in [5, 5.41) is 15.7. The summed E-state index contributed by atoms with van der Waals surface area (Å²) in [6.07, 6.45) is 2.69. The molecule has 4 heterocycles. The molecule has 87 heavy (non-hydrogen) atoms. The van der Waals surface area contributed by atoms with Crippen molar-refractivity contribution in [3.8, 4) is 22.5 Å². The van der Waals surface area contributed by atoms with Gasteiger partial charge in [0.2, 0.25) is 35.4 Å². The highest BCUT2D eigenvalue weighted by atomic mass is 35.5. The van der Waals surface area contributed by atoms with Gasteiger partial charge >= 0.3 is 12.2 Å². The lowest BCUT2D eigenvalue weighted by Crippen LogP contribution is -2.47. The molecular weight excluding hydrogens is 1240 g/mol. The Bertz CT molecular complexity index is 3020. The Labute approximate surface area is 531 Å². The Kier molecular flexibility index (Phi) is 30.2. The fraction of sp³-hybridized carbons (Fsp3) is 0.390. The summed E-state index contributed by atoms with van der Waals surface area (Å²) in [5.41, 5.74) is 2.59. The fourth-order valence-corrected chi connectivity index (χ4v) is 9.75. The van der Waals surface area contributed by atoms with Crippen molar-refractivity contribution in [2.24, 2.45) is 0 Å². The number of nitrogens with one attached hydrogen (secondary N) is 3. The zero-order valence-electron chi connectivity index (χ0n) is 47.8. The minimum atomic E-state index is -0.859. The lowest BCUT2D eigenvalue weighted by Gasteiger charge is -2.30. The average molecular weight is 1310 g/mol. The number of carbonyl (C=O) groups is 6. The number of anilines is 2. The number of aromatic nitrogens is 2. The molecule has 6 amide bonds. The number of rotatable bonds is 22. The van der Waals surface area contributed by atoms with Crippen LogP contribution >= 0.6 is 62.6 Å². The first kappa shape index (κ1) is 72.4. The van der Waals surface area contributed by atoms with Gasteiger partial charge in [-0.3, -0.25) is 29.8 Å². The van der Waals surface area contributed by atoms with E-state index in [9.17, 15) is 46.3 Å². The molecule has 472 valence electrons. The van der Waals surface area contributed by atoms with Crippen molar-refractivity contribution in [1.29, 1.82) is 0 Å². The zero-order valence-corrected chi connectivity index (χ0v) is 52.1. The van der Waals surface area contributed by atoms with E-state index in [0.717, 1.165) is 19.3 Å². The second kappa shape index (κ2) is 36.3. The van der Waals surface area contributed by atoms with Gasteiger partial charge in [0, 0.05) is 102 Å². The van der Waals surface area contributed by atoms with Crippen LogP contribution in [0.25, 0.3) is 22.5 Å². The summed E-state index contributed by atoms with van der Waals surface area (Å²) in [6.45, 7) is 3.65. The summed E-state index contributed by atoms with van der Waals surface area (Å²) in [5.74, 6) is -2.64. The molecule has 2 fully saturated rings. The summed E-state index contributed by atoms with van der Waals surface area (Å²) < 4.78 is 75.7. The van der Waals surface area contributed by atoms with Crippen LogP contribution in [-0.4, -0.2) is 144 Å². The highest BCUT2D eigenvalue weighted by molar-refractivity contribution is 7.59. The Hall–Kier alpha value is -7.03. The van der Waals surface area contributed by atoms with Crippen LogP contribution < -0.4 is 16.0 Å². The van der Waals surface area contributed by atoms with Gasteiger partial charge in [-0.25, -0.2) is 27.2 Å². The first-order valence-corrected chi connectivity index (χ1v) is 28.1. The number of aryl methyl sites for hydroxylation is 2. The van der Waals surface area contributed by atoms with E-state index >= 15 is 0 Å². The number of benzene rings is 4.